The van der Waals surface area contributed by atoms with Crippen LogP contribution in [0.15, 0.2) is 29.8 Å². The number of ketones is 1. The fraction of sp³-hybridized carbons (Fsp3) is 0.100. The quantitative estimate of drug-likeness (QED) is 0.705. The molecule has 0 aliphatic carbocycles. The smallest absolute Gasteiger partial charge is 0.188 e. The zero-order valence-electron chi connectivity index (χ0n) is 7.60. The summed E-state index contributed by atoms with van der Waals surface area (Å²) in [7, 11) is 0. The van der Waals surface area contributed by atoms with Gasteiger partial charge in [-0.2, -0.15) is 0 Å². The molecule has 0 aromatic carbocycles. The second-order valence-corrected chi connectivity index (χ2v) is 3.67. The lowest BCUT2D eigenvalue weighted by Gasteiger charge is -1.92. The highest BCUT2D eigenvalue weighted by atomic mass is 32.1. The van der Waals surface area contributed by atoms with Gasteiger partial charge in [-0.1, -0.05) is 6.07 Å². The largest absolute Gasteiger partial charge is 0.292 e. The average molecular weight is 204 g/mol. The van der Waals surface area contributed by atoms with Crippen molar-refractivity contribution in [2.75, 3.05) is 0 Å². The van der Waals surface area contributed by atoms with E-state index >= 15 is 0 Å². The molecule has 0 amide bonds. The normalized spacial score (nSPS) is 10.1. The van der Waals surface area contributed by atoms with E-state index in [1.165, 1.54) is 18.3 Å². The summed E-state index contributed by atoms with van der Waals surface area (Å²) in [5, 5.41) is 2.38. The predicted molar refractivity (Wildman–Crippen MR) is 55.3 cm³/mol. The van der Waals surface area contributed by atoms with Crippen LogP contribution in [0.4, 0.5) is 0 Å². The van der Waals surface area contributed by atoms with E-state index in [1.54, 1.807) is 6.20 Å². The lowest BCUT2D eigenvalue weighted by Crippen LogP contribution is -1.90. The van der Waals surface area contributed by atoms with Gasteiger partial charge >= 0.3 is 0 Å². The molecule has 0 atom stereocenters. The van der Waals surface area contributed by atoms with Crippen molar-refractivity contribution in [1.29, 1.82) is 0 Å². The van der Waals surface area contributed by atoms with Gasteiger partial charge < -0.3 is 0 Å². The summed E-state index contributed by atoms with van der Waals surface area (Å²) in [4.78, 5) is 19.4. The third-order valence-corrected chi connectivity index (χ3v) is 2.68. The second-order valence-electron chi connectivity index (χ2n) is 2.81. The molecule has 2 aromatic rings. The molecule has 0 aliphatic heterocycles. The first-order valence-electron chi connectivity index (χ1n) is 4.15. The molecule has 0 unspecified atom stereocenters. The van der Waals surface area contributed by atoms with Gasteiger partial charge in [0.05, 0.1) is 5.69 Å². The third-order valence-electron chi connectivity index (χ3n) is 1.73. The van der Waals surface area contributed by atoms with Gasteiger partial charge in [-0.15, -0.1) is 11.3 Å². The summed E-state index contributed by atoms with van der Waals surface area (Å²) in [6, 6.07) is 5.62. The fourth-order valence-electron chi connectivity index (χ4n) is 1.07. The van der Waals surface area contributed by atoms with Gasteiger partial charge in [-0.3, -0.25) is 9.78 Å². The molecule has 2 heterocycles. The number of hydrogen-bond acceptors (Lipinski definition) is 4. The molecule has 0 saturated heterocycles. The molecule has 70 valence electrons. The first-order valence-corrected chi connectivity index (χ1v) is 5.03. The van der Waals surface area contributed by atoms with Gasteiger partial charge in [0.15, 0.2) is 10.8 Å². The Labute approximate surface area is 85.5 Å². The van der Waals surface area contributed by atoms with Crippen molar-refractivity contribution in [2.45, 2.75) is 6.92 Å². The van der Waals surface area contributed by atoms with Gasteiger partial charge in [-0.25, -0.2) is 4.98 Å². The number of hydrogen-bond donors (Lipinski definition) is 0. The zero-order chi connectivity index (χ0) is 9.97. The van der Waals surface area contributed by atoms with Crippen molar-refractivity contribution in [3.8, 4) is 11.4 Å². The van der Waals surface area contributed by atoms with E-state index in [-0.39, 0.29) is 5.78 Å². The third kappa shape index (κ3) is 1.70. The SMILES string of the molecule is CC(=O)c1nc(-c2ccccn2)cs1. The van der Waals surface area contributed by atoms with Crippen LogP contribution in [0.1, 0.15) is 16.7 Å². The Kier molecular flexibility index (Phi) is 2.37. The fourth-order valence-corrected chi connectivity index (χ4v) is 1.78. The number of rotatable bonds is 2. The minimum absolute atomic E-state index is 0.00261. The Morgan fingerprint density at radius 3 is 2.79 bits per heavy atom. The molecule has 2 aromatic heterocycles. The number of nitrogens with zero attached hydrogens (tertiary/aromatic N) is 2. The monoisotopic (exact) mass is 204 g/mol. The molecule has 0 fully saturated rings. The van der Waals surface area contributed by atoms with E-state index in [2.05, 4.69) is 9.97 Å². The van der Waals surface area contributed by atoms with Crippen LogP contribution in [0.3, 0.4) is 0 Å². The highest BCUT2D eigenvalue weighted by Crippen LogP contribution is 2.19. The molecule has 0 spiro atoms. The number of carbonyl (C=O) groups is 1. The van der Waals surface area contributed by atoms with Crippen LogP contribution >= 0.6 is 11.3 Å². The van der Waals surface area contributed by atoms with Crippen molar-refractivity contribution >= 4 is 17.1 Å². The lowest BCUT2D eigenvalue weighted by molar-refractivity contribution is 0.101. The Morgan fingerprint density at radius 2 is 2.21 bits per heavy atom. The minimum Gasteiger partial charge on any atom is -0.292 e. The van der Waals surface area contributed by atoms with Crippen LogP contribution in [-0.2, 0) is 0 Å². The maximum atomic E-state index is 11.0. The number of aromatic nitrogens is 2. The summed E-state index contributed by atoms with van der Waals surface area (Å²) in [5.41, 5.74) is 1.57. The Morgan fingerprint density at radius 1 is 1.36 bits per heavy atom. The molecule has 0 radical (unpaired) electrons. The highest BCUT2D eigenvalue weighted by Gasteiger charge is 2.07. The van der Waals surface area contributed by atoms with Crippen LogP contribution in [0, 0.1) is 0 Å². The molecule has 2 rings (SSSR count). The Hall–Kier alpha value is -1.55. The van der Waals surface area contributed by atoms with Crippen molar-refractivity contribution in [3.63, 3.8) is 0 Å². The van der Waals surface area contributed by atoms with E-state index in [4.69, 9.17) is 0 Å². The molecule has 0 N–H and O–H groups in total. The van der Waals surface area contributed by atoms with Crippen LogP contribution < -0.4 is 0 Å². The van der Waals surface area contributed by atoms with E-state index in [0.717, 1.165) is 11.4 Å². The number of Topliss-reactive ketones (excluding diaryl/α,β-unsaturated/α-hetero) is 1. The lowest BCUT2D eigenvalue weighted by atomic mass is 10.3. The minimum atomic E-state index is -0.00261. The van der Waals surface area contributed by atoms with Gasteiger partial charge in [0.1, 0.15) is 5.69 Å². The van der Waals surface area contributed by atoms with Gasteiger partial charge in [0, 0.05) is 18.5 Å². The van der Waals surface area contributed by atoms with Crippen LogP contribution in [-0.4, -0.2) is 15.8 Å². The summed E-state index contributed by atoms with van der Waals surface area (Å²) >= 11 is 1.35. The first-order chi connectivity index (χ1) is 6.77. The van der Waals surface area contributed by atoms with Crippen LogP contribution in [0.2, 0.25) is 0 Å². The van der Waals surface area contributed by atoms with Crippen molar-refractivity contribution in [2.24, 2.45) is 0 Å². The molecule has 0 saturated carbocycles. The average Bonchev–Trinajstić information content (AvgIpc) is 2.68. The Balaban J connectivity index is 2.39. The molecular formula is C10H8N2OS. The van der Waals surface area contributed by atoms with Crippen LogP contribution in [0.25, 0.3) is 11.4 Å². The molecule has 3 nitrogen and oxygen atoms in total. The molecule has 14 heavy (non-hydrogen) atoms. The van der Waals surface area contributed by atoms with E-state index in [9.17, 15) is 4.79 Å². The van der Waals surface area contributed by atoms with Crippen LogP contribution in [0.5, 0.6) is 0 Å². The van der Waals surface area contributed by atoms with Gasteiger partial charge in [0.25, 0.3) is 0 Å². The van der Waals surface area contributed by atoms with Crippen molar-refractivity contribution < 1.29 is 4.79 Å². The topological polar surface area (TPSA) is 42.9 Å². The van der Waals surface area contributed by atoms with Gasteiger partial charge in [0.2, 0.25) is 0 Å². The molecule has 0 aliphatic rings. The van der Waals surface area contributed by atoms with E-state index in [0.29, 0.717) is 5.01 Å². The molecular weight excluding hydrogens is 196 g/mol. The molecule has 4 heteroatoms. The predicted octanol–water partition coefficient (Wildman–Crippen LogP) is 2.41. The van der Waals surface area contributed by atoms with Gasteiger partial charge in [-0.05, 0) is 12.1 Å². The number of carbonyl (C=O) groups excluding carboxylic acids is 1. The number of thiazole rings is 1. The van der Waals surface area contributed by atoms with Crippen molar-refractivity contribution in [1.82, 2.24) is 9.97 Å². The van der Waals surface area contributed by atoms with Crippen molar-refractivity contribution in [3.05, 3.63) is 34.8 Å². The number of pyridine rings is 1. The Bertz CT molecular complexity index is 450. The summed E-state index contributed by atoms with van der Waals surface area (Å²) in [6.07, 6.45) is 1.71. The van der Waals surface area contributed by atoms with E-state index in [1.807, 2.05) is 23.6 Å². The maximum absolute atomic E-state index is 11.0. The standard InChI is InChI=1S/C10H8N2OS/c1-7(13)10-12-9(6-14-10)8-4-2-3-5-11-8/h2-6H,1H3. The zero-order valence-corrected chi connectivity index (χ0v) is 8.41. The second kappa shape index (κ2) is 3.67. The first kappa shape index (κ1) is 9.02. The summed E-state index contributed by atoms with van der Waals surface area (Å²) < 4.78 is 0. The highest BCUT2D eigenvalue weighted by molar-refractivity contribution is 7.12. The van der Waals surface area contributed by atoms with E-state index < -0.39 is 0 Å². The molecule has 0 bridgehead atoms. The maximum Gasteiger partial charge on any atom is 0.188 e. The summed E-state index contributed by atoms with van der Waals surface area (Å²) in [6.45, 7) is 1.51. The summed E-state index contributed by atoms with van der Waals surface area (Å²) in [5.74, 6) is -0.00261.